The number of carbonyl (C=O) groups is 2. The molecule has 0 aliphatic carbocycles. The van der Waals surface area contributed by atoms with E-state index >= 15 is 0 Å². The van der Waals surface area contributed by atoms with Crippen molar-refractivity contribution in [3.05, 3.63) is 47.3 Å². The molecule has 0 spiro atoms. The number of pyridine rings is 1. The van der Waals surface area contributed by atoms with Gasteiger partial charge in [0.1, 0.15) is 0 Å². The molecule has 1 aromatic carbocycles. The number of anilines is 2. The highest BCUT2D eigenvalue weighted by Crippen LogP contribution is 2.31. The maximum Gasteiger partial charge on any atom is 0.251 e. The van der Waals surface area contributed by atoms with Crippen molar-refractivity contribution >= 4 is 46.6 Å². The maximum absolute atomic E-state index is 13.2. The molecule has 46 heavy (non-hydrogen) atoms. The van der Waals surface area contributed by atoms with Crippen molar-refractivity contribution in [3.63, 3.8) is 0 Å². The van der Waals surface area contributed by atoms with Gasteiger partial charge in [-0.15, -0.1) is 12.4 Å². The van der Waals surface area contributed by atoms with E-state index in [9.17, 15) is 9.59 Å². The van der Waals surface area contributed by atoms with Crippen LogP contribution in [-0.2, 0) is 29.0 Å². The molecule has 1 saturated heterocycles. The highest BCUT2D eigenvalue weighted by molar-refractivity contribution is 5.96. The molecule has 3 aromatic rings. The van der Waals surface area contributed by atoms with Gasteiger partial charge in [-0.25, -0.2) is 9.67 Å². The summed E-state index contributed by atoms with van der Waals surface area (Å²) in [7, 11) is 0. The van der Waals surface area contributed by atoms with Crippen LogP contribution in [0.3, 0.4) is 0 Å². The summed E-state index contributed by atoms with van der Waals surface area (Å²) in [6.07, 6.45) is 11.0. The second kappa shape index (κ2) is 20.1. The summed E-state index contributed by atoms with van der Waals surface area (Å²) in [4.78, 5) is 30.6. The normalized spacial score (nSPS) is 13.4. The summed E-state index contributed by atoms with van der Waals surface area (Å²) < 4.78 is 7.48. The largest absolute Gasteiger partial charge is 0.396 e. The molecule has 1 fully saturated rings. The third kappa shape index (κ3) is 10.9. The van der Waals surface area contributed by atoms with Crippen LogP contribution < -0.4 is 21.3 Å². The number of carbonyl (C=O) groups excluding carboxylic acids is 2. The number of hydrogen-bond acceptors (Lipinski definition) is 8. The number of benzene rings is 1. The number of aliphatic hydroxyl groups is 1. The molecule has 4 rings (SSSR count). The van der Waals surface area contributed by atoms with E-state index in [1.807, 2.05) is 10.9 Å². The Morgan fingerprint density at radius 3 is 2.43 bits per heavy atom. The first kappa shape index (κ1) is 37.2. The number of rotatable bonds is 19. The number of fused-ring (bicyclic) bond motifs is 1. The molecule has 0 saturated carbocycles. The van der Waals surface area contributed by atoms with Gasteiger partial charge in [-0.1, -0.05) is 26.2 Å². The van der Waals surface area contributed by atoms with Crippen LogP contribution >= 0.6 is 12.4 Å². The van der Waals surface area contributed by atoms with Crippen LogP contribution in [0.2, 0.25) is 0 Å². The quantitative estimate of drug-likeness (QED) is 0.111. The minimum Gasteiger partial charge on any atom is -0.396 e. The van der Waals surface area contributed by atoms with E-state index in [0.29, 0.717) is 24.2 Å². The van der Waals surface area contributed by atoms with E-state index in [2.05, 4.69) is 40.2 Å². The van der Waals surface area contributed by atoms with E-state index in [1.165, 1.54) is 0 Å². The fourth-order valence-corrected chi connectivity index (χ4v) is 5.69. The number of aliphatic hydroxyl groups excluding tert-OH is 1. The molecule has 2 amide bonds. The zero-order valence-corrected chi connectivity index (χ0v) is 28.2. The zero-order chi connectivity index (χ0) is 31.9. The highest BCUT2D eigenvalue weighted by atomic mass is 35.5. The lowest BCUT2D eigenvalue weighted by atomic mass is 10.0. The van der Waals surface area contributed by atoms with Crippen molar-refractivity contribution in [1.29, 1.82) is 0 Å². The third-order valence-corrected chi connectivity index (χ3v) is 8.30. The second-order valence-corrected chi connectivity index (χ2v) is 11.6. The average Bonchev–Trinajstić information content (AvgIpc) is 3.48. The van der Waals surface area contributed by atoms with Gasteiger partial charge in [0.25, 0.3) is 5.91 Å². The number of nitrogens with zero attached hydrogens (tertiary/aromatic N) is 3. The summed E-state index contributed by atoms with van der Waals surface area (Å²) >= 11 is 0. The van der Waals surface area contributed by atoms with Crippen LogP contribution in [0.4, 0.5) is 11.4 Å². The predicted molar refractivity (Wildman–Crippen MR) is 186 cm³/mol. The smallest absolute Gasteiger partial charge is 0.251 e. The Labute approximate surface area is 279 Å². The standard InChI is InChI=1S/C34H51N7O4.ClH/c1-3-30-28(32(39-27-16-21-45-22-17-27)29-24-37-41(4-2)33(29)40-30)23-36-34(44)25-12-14-26(15-13-25)38-31(43)11-8-6-5-7-9-18-35-19-10-20-42;/h12-15,24,27,35,42H,3-11,16-23H2,1-2H3,(H,36,44)(H,38,43)(H,39,40);1H. The summed E-state index contributed by atoms with van der Waals surface area (Å²) in [5, 5.41) is 27.4. The van der Waals surface area contributed by atoms with Crippen LogP contribution in [0.25, 0.3) is 11.0 Å². The van der Waals surface area contributed by atoms with Crippen LogP contribution in [0.1, 0.15) is 93.3 Å². The third-order valence-electron chi connectivity index (χ3n) is 8.30. The van der Waals surface area contributed by atoms with Gasteiger partial charge in [0.2, 0.25) is 5.91 Å². The minimum absolute atomic E-state index is 0. The van der Waals surface area contributed by atoms with Crippen molar-refractivity contribution < 1.29 is 19.4 Å². The Hall–Kier alpha value is -3.25. The van der Waals surface area contributed by atoms with Crippen molar-refractivity contribution in [1.82, 2.24) is 25.4 Å². The van der Waals surface area contributed by atoms with Gasteiger partial charge in [-0.05, 0) is 82.8 Å². The number of amides is 2. The van der Waals surface area contributed by atoms with Gasteiger partial charge in [0.05, 0.1) is 17.3 Å². The molecular weight excluding hydrogens is 606 g/mol. The number of unbranched alkanes of at least 4 members (excludes halogenated alkanes) is 4. The first-order valence-corrected chi connectivity index (χ1v) is 16.7. The number of nitrogens with one attached hydrogen (secondary N) is 4. The molecule has 3 heterocycles. The van der Waals surface area contributed by atoms with Crippen LogP contribution in [-0.4, -0.2) is 70.6 Å². The lowest BCUT2D eigenvalue weighted by molar-refractivity contribution is -0.116. The van der Waals surface area contributed by atoms with E-state index in [-0.39, 0.29) is 36.9 Å². The summed E-state index contributed by atoms with van der Waals surface area (Å²) in [6, 6.07) is 7.33. The molecule has 11 nitrogen and oxygen atoms in total. The van der Waals surface area contributed by atoms with Crippen molar-refractivity contribution in [2.75, 3.05) is 43.5 Å². The molecule has 0 atom stereocenters. The first-order valence-electron chi connectivity index (χ1n) is 16.7. The molecule has 12 heteroatoms. The Morgan fingerprint density at radius 1 is 1.00 bits per heavy atom. The van der Waals surface area contributed by atoms with Gasteiger partial charge in [0.15, 0.2) is 5.65 Å². The topological polar surface area (TPSA) is 142 Å². The lowest BCUT2D eigenvalue weighted by Gasteiger charge is -2.26. The zero-order valence-electron chi connectivity index (χ0n) is 27.4. The predicted octanol–water partition coefficient (Wildman–Crippen LogP) is 5.21. The summed E-state index contributed by atoms with van der Waals surface area (Å²) in [5.41, 5.74) is 4.99. The van der Waals surface area contributed by atoms with Crippen LogP contribution in [0.15, 0.2) is 30.5 Å². The van der Waals surface area contributed by atoms with Gasteiger partial charge < -0.3 is 31.1 Å². The number of hydrogen-bond donors (Lipinski definition) is 5. The lowest BCUT2D eigenvalue weighted by Crippen LogP contribution is -2.30. The molecule has 1 aliphatic heterocycles. The van der Waals surface area contributed by atoms with Crippen molar-refractivity contribution in [3.8, 4) is 0 Å². The molecule has 0 unspecified atom stereocenters. The second-order valence-electron chi connectivity index (χ2n) is 11.6. The van der Waals surface area contributed by atoms with Gasteiger partial charge in [-0.2, -0.15) is 5.10 Å². The van der Waals surface area contributed by atoms with E-state index in [4.69, 9.17) is 14.8 Å². The van der Waals surface area contributed by atoms with Crippen LogP contribution in [0.5, 0.6) is 0 Å². The Balaban J connectivity index is 0.00000576. The fraction of sp³-hybridized carbons (Fsp3) is 0.588. The minimum atomic E-state index is -0.181. The SMILES string of the molecule is CCc1nc2c(cnn2CC)c(NC2CCOCC2)c1CNC(=O)c1ccc(NC(=O)CCCCCCCNCCCO)cc1.Cl. The summed E-state index contributed by atoms with van der Waals surface area (Å²) in [6.45, 7) is 8.74. The molecule has 0 bridgehead atoms. The average molecular weight is 658 g/mol. The monoisotopic (exact) mass is 657 g/mol. The number of halogens is 1. The first-order chi connectivity index (χ1) is 22.0. The highest BCUT2D eigenvalue weighted by Gasteiger charge is 2.22. The van der Waals surface area contributed by atoms with E-state index in [1.54, 1.807) is 24.3 Å². The van der Waals surface area contributed by atoms with Gasteiger partial charge in [-0.3, -0.25) is 9.59 Å². The summed E-state index contributed by atoms with van der Waals surface area (Å²) in [5.74, 6) is -0.191. The molecule has 5 N–H and O–H groups in total. The maximum atomic E-state index is 13.2. The van der Waals surface area contributed by atoms with Crippen molar-refractivity contribution in [2.45, 2.75) is 97.2 Å². The molecule has 1 aliphatic rings. The molecule has 254 valence electrons. The Morgan fingerprint density at radius 2 is 1.72 bits per heavy atom. The Bertz CT molecular complexity index is 1360. The molecule has 2 aromatic heterocycles. The molecule has 0 radical (unpaired) electrons. The Kier molecular flexibility index (Phi) is 16.2. The van der Waals surface area contributed by atoms with Crippen molar-refractivity contribution in [2.24, 2.45) is 0 Å². The van der Waals surface area contributed by atoms with Gasteiger partial charge >= 0.3 is 0 Å². The van der Waals surface area contributed by atoms with Gasteiger partial charge in [0, 0.05) is 67.9 Å². The fourth-order valence-electron chi connectivity index (χ4n) is 5.69. The molecular formula is C34H52ClN7O4. The van der Waals surface area contributed by atoms with Crippen LogP contribution in [0, 0.1) is 0 Å². The van der Waals surface area contributed by atoms with E-state index < -0.39 is 0 Å². The number of aromatic nitrogens is 3. The van der Waals surface area contributed by atoms with E-state index in [0.717, 1.165) is 119 Å². The number of ether oxygens (including phenoxy) is 1. The number of aryl methyl sites for hydroxylation is 2.